The number of hydrogen-bond donors (Lipinski definition) is 1. The van der Waals surface area contributed by atoms with Gasteiger partial charge in [0.15, 0.2) is 5.69 Å². The van der Waals surface area contributed by atoms with E-state index in [0.717, 1.165) is 16.9 Å². The number of para-hydroxylation sites is 1. The van der Waals surface area contributed by atoms with Crippen LogP contribution >= 0.6 is 11.6 Å². The highest BCUT2D eigenvalue weighted by Gasteiger charge is 2.34. The number of aromatic nitrogens is 3. The van der Waals surface area contributed by atoms with E-state index in [9.17, 15) is 18.0 Å². The van der Waals surface area contributed by atoms with Crippen LogP contribution in [0.5, 0.6) is 0 Å². The van der Waals surface area contributed by atoms with Crippen molar-refractivity contribution < 1.29 is 18.0 Å². The second-order valence-electron chi connectivity index (χ2n) is 5.03. The van der Waals surface area contributed by atoms with Crippen molar-refractivity contribution in [3.8, 4) is 5.69 Å². The third-order valence-corrected chi connectivity index (χ3v) is 3.50. The van der Waals surface area contributed by atoms with Crippen LogP contribution in [0.3, 0.4) is 0 Å². The monoisotopic (exact) mass is 366 g/mol. The number of benzene rings is 2. The van der Waals surface area contributed by atoms with E-state index in [-0.39, 0.29) is 11.4 Å². The number of amides is 1. The Labute approximate surface area is 145 Å². The molecule has 2 aromatic carbocycles. The summed E-state index contributed by atoms with van der Waals surface area (Å²) in [6.07, 6.45) is -3.42. The van der Waals surface area contributed by atoms with Gasteiger partial charge in [-0.25, -0.2) is 4.68 Å². The molecule has 0 aliphatic rings. The molecule has 0 saturated carbocycles. The Balaban J connectivity index is 1.87. The van der Waals surface area contributed by atoms with Gasteiger partial charge in [-0.05, 0) is 30.3 Å². The van der Waals surface area contributed by atoms with Gasteiger partial charge >= 0.3 is 6.18 Å². The van der Waals surface area contributed by atoms with Gasteiger partial charge < -0.3 is 5.32 Å². The van der Waals surface area contributed by atoms with Crippen LogP contribution in [0, 0.1) is 0 Å². The Morgan fingerprint density at radius 1 is 1.12 bits per heavy atom. The van der Waals surface area contributed by atoms with E-state index in [0.29, 0.717) is 10.7 Å². The maximum absolute atomic E-state index is 13.1. The predicted octanol–water partition coefficient (Wildman–Crippen LogP) is 4.19. The number of nitrogens with one attached hydrogen (secondary N) is 1. The molecule has 0 spiro atoms. The molecule has 1 N–H and O–H groups in total. The molecular formula is C16H10ClF3N4O. The zero-order chi connectivity index (χ0) is 18.0. The molecule has 9 heteroatoms. The van der Waals surface area contributed by atoms with Gasteiger partial charge in [-0.2, -0.15) is 13.2 Å². The fourth-order valence-corrected chi connectivity index (χ4v) is 2.35. The first-order chi connectivity index (χ1) is 11.8. The van der Waals surface area contributed by atoms with E-state index in [4.69, 9.17) is 11.6 Å². The second-order valence-corrected chi connectivity index (χ2v) is 5.46. The first-order valence-electron chi connectivity index (χ1n) is 7.00. The average molecular weight is 367 g/mol. The molecule has 5 nitrogen and oxygen atoms in total. The molecular weight excluding hydrogens is 357 g/mol. The first kappa shape index (κ1) is 17.0. The molecule has 0 unspecified atom stereocenters. The minimum absolute atomic E-state index is 0.128. The van der Waals surface area contributed by atoms with Gasteiger partial charge in [-0.3, -0.25) is 4.79 Å². The van der Waals surface area contributed by atoms with E-state index in [1.54, 1.807) is 18.2 Å². The van der Waals surface area contributed by atoms with E-state index >= 15 is 0 Å². The summed E-state index contributed by atoms with van der Waals surface area (Å²) >= 11 is 5.83. The summed E-state index contributed by atoms with van der Waals surface area (Å²) in [6.45, 7) is 0. The molecule has 0 bridgehead atoms. The molecule has 3 rings (SSSR count). The number of hydrogen-bond acceptors (Lipinski definition) is 3. The molecule has 0 fully saturated rings. The van der Waals surface area contributed by atoms with Crippen LogP contribution in [0.25, 0.3) is 5.69 Å². The van der Waals surface area contributed by atoms with Crippen LogP contribution < -0.4 is 5.32 Å². The maximum Gasteiger partial charge on any atom is 0.418 e. The Kier molecular flexibility index (Phi) is 4.45. The van der Waals surface area contributed by atoms with Gasteiger partial charge in [0.1, 0.15) is 0 Å². The zero-order valence-corrected chi connectivity index (χ0v) is 13.2. The third kappa shape index (κ3) is 3.80. The molecule has 0 aliphatic carbocycles. The molecule has 0 radical (unpaired) electrons. The summed E-state index contributed by atoms with van der Waals surface area (Å²) in [6, 6.07) is 11.3. The molecule has 1 amide bonds. The van der Waals surface area contributed by atoms with Gasteiger partial charge in [0.2, 0.25) is 0 Å². The number of alkyl halides is 3. The molecule has 128 valence electrons. The van der Waals surface area contributed by atoms with Crippen molar-refractivity contribution >= 4 is 23.2 Å². The van der Waals surface area contributed by atoms with Crippen LogP contribution in [0.2, 0.25) is 5.02 Å². The second kappa shape index (κ2) is 6.56. The van der Waals surface area contributed by atoms with Crippen molar-refractivity contribution in [3.63, 3.8) is 0 Å². The number of halogens is 4. The molecule has 25 heavy (non-hydrogen) atoms. The van der Waals surface area contributed by atoms with Crippen molar-refractivity contribution in [2.24, 2.45) is 0 Å². The van der Waals surface area contributed by atoms with Crippen molar-refractivity contribution in [1.29, 1.82) is 0 Å². The van der Waals surface area contributed by atoms with E-state index < -0.39 is 17.6 Å². The Morgan fingerprint density at radius 2 is 1.88 bits per heavy atom. The largest absolute Gasteiger partial charge is 0.418 e. The smallest absolute Gasteiger partial charge is 0.320 e. The topological polar surface area (TPSA) is 59.8 Å². The summed E-state index contributed by atoms with van der Waals surface area (Å²) in [4.78, 5) is 12.2. The molecule has 0 atom stereocenters. The van der Waals surface area contributed by atoms with Crippen LogP contribution in [-0.2, 0) is 6.18 Å². The molecule has 0 aliphatic heterocycles. The minimum Gasteiger partial charge on any atom is -0.320 e. The Morgan fingerprint density at radius 3 is 2.60 bits per heavy atom. The lowest BCUT2D eigenvalue weighted by Crippen LogP contribution is -2.12. The van der Waals surface area contributed by atoms with Crippen LogP contribution in [0.4, 0.5) is 18.9 Å². The number of anilines is 1. The van der Waals surface area contributed by atoms with E-state index in [1.165, 1.54) is 24.3 Å². The summed E-state index contributed by atoms with van der Waals surface area (Å²) in [5, 5.41) is 10.2. The van der Waals surface area contributed by atoms with Gasteiger partial charge in [0.25, 0.3) is 5.91 Å². The van der Waals surface area contributed by atoms with Crippen LogP contribution in [0.15, 0.2) is 54.7 Å². The third-order valence-electron chi connectivity index (χ3n) is 3.26. The lowest BCUT2D eigenvalue weighted by molar-refractivity contribution is -0.137. The van der Waals surface area contributed by atoms with E-state index in [2.05, 4.69) is 15.6 Å². The number of rotatable bonds is 3. The normalized spacial score (nSPS) is 11.4. The Hall–Kier alpha value is -2.87. The van der Waals surface area contributed by atoms with Crippen LogP contribution in [-0.4, -0.2) is 20.9 Å². The fraction of sp³-hybridized carbons (Fsp3) is 0.0625. The summed E-state index contributed by atoms with van der Waals surface area (Å²) in [5.41, 5.74) is -0.786. The minimum atomic E-state index is -4.55. The summed E-state index contributed by atoms with van der Waals surface area (Å²) in [5.74, 6) is -0.613. The summed E-state index contributed by atoms with van der Waals surface area (Å²) in [7, 11) is 0. The van der Waals surface area contributed by atoms with Crippen molar-refractivity contribution in [1.82, 2.24) is 15.0 Å². The van der Waals surface area contributed by atoms with Gasteiger partial charge in [0, 0.05) is 10.7 Å². The van der Waals surface area contributed by atoms with Gasteiger partial charge in [0.05, 0.1) is 17.4 Å². The highest BCUT2D eigenvalue weighted by atomic mass is 35.5. The standard InChI is InChI=1S/C16H10ClF3N4O/c17-10-4-3-5-11(8-10)21-15(25)13-9-24(23-22-13)14-7-2-1-6-12(14)16(18,19)20/h1-9H,(H,21,25). The molecule has 1 aromatic heterocycles. The van der Waals surface area contributed by atoms with Crippen LogP contribution in [0.1, 0.15) is 16.1 Å². The molecule has 0 saturated heterocycles. The SMILES string of the molecule is O=C(Nc1cccc(Cl)c1)c1cn(-c2ccccc2C(F)(F)F)nn1. The number of carbonyl (C=O) groups excluding carboxylic acids is 1. The van der Waals surface area contributed by atoms with Gasteiger partial charge in [-0.15, -0.1) is 5.10 Å². The lowest BCUT2D eigenvalue weighted by Gasteiger charge is -2.11. The summed E-state index contributed by atoms with van der Waals surface area (Å²) < 4.78 is 40.1. The van der Waals surface area contributed by atoms with E-state index in [1.807, 2.05) is 0 Å². The van der Waals surface area contributed by atoms with Gasteiger partial charge in [-0.1, -0.05) is 35.0 Å². The average Bonchev–Trinajstić information content (AvgIpc) is 3.04. The highest BCUT2D eigenvalue weighted by Crippen LogP contribution is 2.33. The number of carbonyl (C=O) groups is 1. The molecule has 1 heterocycles. The highest BCUT2D eigenvalue weighted by molar-refractivity contribution is 6.30. The zero-order valence-electron chi connectivity index (χ0n) is 12.5. The molecule has 3 aromatic rings. The predicted molar refractivity (Wildman–Crippen MR) is 85.8 cm³/mol. The number of nitrogens with zero attached hydrogens (tertiary/aromatic N) is 3. The van der Waals surface area contributed by atoms with Crippen molar-refractivity contribution in [2.75, 3.05) is 5.32 Å². The Bertz CT molecular complexity index is 923. The maximum atomic E-state index is 13.1. The lowest BCUT2D eigenvalue weighted by atomic mass is 10.1. The quantitative estimate of drug-likeness (QED) is 0.756. The van der Waals surface area contributed by atoms with Crippen molar-refractivity contribution in [3.05, 3.63) is 71.0 Å². The van der Waals surface area contributed by atoms with Crippen molar-refractivity contribution in [2.45, 2.75) is 6.18 Å². The fourth-order valence-electron chi connectivity index (χ4n) is 2.16. The first-order valence-corrected chi connectivity index (χ1v) is 7.38.